The largest absolute Gasteiger partial charge is 0.480 e. The van der Waals surface area contributed by atoms with E-state index >= 15 is 0 Å². The Morgan fingerprint density at radius 1 is 1.00 bits per heavy atom. The van der Waals surface area contributed by atoms with Crippen molar-refractivity contribution in [3.8, 4) is 0 Å². The standard InChI is InChI=1S/C17H18N2O5/c20-10-14(17(23)24)19-16(22)9-18-15(21)8-12-6-3-5-11-4-1-2-7-13(11)12/h1-7,14,20H,8-10H2,(H,18,21)(H,19,22)(H,23,24)/t14-/m0/s1. The molecule has 7 heteroatoms. The molecule has 0 aromatic heterocycles. The number of benzene rings is 2. The lowest BCUT2D eigenvalue weighted by molar-refractivity contribution is -0.142. The van der Waals surface area contributed by atoms with Gasteiger partial charge in [-0.1, -0.05) is 42.5 Å². The second-order valence-electron chi connectivity index (χ2n) is 5.23. The van der Waals surface area contributed by atoms with Crippen molar-refractivity contribution in [3.05, 3.63) is 48.0 Å². The molecule has 0 aliphatic rings. The molecule has 0 saturated carbocycles. The third kappa shape index (κ3) is 4.53. The van der Waals surface area contributed by atoms with Crippen LogP contribution in [0, 0.1) is 0 Å². The maximum Gasteiger partial charge on any atom is 0.328 e. The van der Waals surface area contributed by atoms with Crippen molar-refractivity contribution in [2.75, 3.05) is 13.2 Å². The minimum absolute atomic E-state index is 0.108. The van der Waals surface area contributed by atoms with Crippen LogP contribution in [0.15, 0.2) is 42.5 Å². The Labute approximate surface area is 138 Å². The molecule has 0 aliphatic carbocycles. The van der Waals surface area contributed by atoms with Gasteiger partial charge in [0.15, 0.2) is 0 Å². The summed E-state index contributed by atoms with van der Waals surface area (Å²) >= 11 is 0. The average molecular weight is 330 g/mol. The van der Waals surface area contributed by atoms with Crippen molar-refractivity contribution in [2.24, 2.45) is 0 Å². The molecule has 0 bridgehead atoms. The summed E-state index contributed by atoms with van der Waals surface area (Å²) in [6.07, 6.45) is 0.108. The Morgan fingerprint density at radius 3 is 2.42 bits per heavy atom. The Hall–Kier alpha value is -2.93. The van der Waals surface area contributed by atoms with Gasteiger partial charge in [-0.15, -0.1) is 0 Å². The van der Waals surface area contributed by atoms with Crippen molar-refractivity contribution in [1.82, 2.24) is 10.6 Å². The molecule has 0 radical (unpaired) electrons. The highest BCUT2D eigenvalue weighted by Crippen LogP contribution is 2.18. The fourth-order valence-electron chi connectivity index (χ4n) is 2.29. The van der Waals surface area contributed by atoms with Crippen molar-refractivity contribution in [3.63, 3.8) is 0 Å². The maximum absolute atomic E-state index is 12.0. The molecule has 2 aromatic carbocycles. The minimum Gasteiger partial charge on any atom is -0.480 e. The van der Waals surface area contributed by atoms with Crippen LogP contribution in [0.5, 0.6) is 0 Å². The van der Waals surface area contributed by atoms with E-state index < -0.39 is 24.5 Å². The summed E-state index contributed by atoms with van der Waals surface area (Å²) in [4.78, 5) is 34.3. The summed E-state index contributed by atoms with van der Waals surface area (Å²) in [6, 6.07) is 11.9. The lowest BCUT2D eigenvalue weighted by atomic mass is 10.0. The summed E-state index contributed by atoms with van der Waals surface area (Å²) < 4.78 is 0. The fraction of sp³-hybridized carbons (Fsp3) is 0.235. The first-order valence-electron chi connectivity index (χ1n) is 7.37. The minimum atomic E-state index is -1.38. The highest BCUT2D eigenvalue weighted by atomic mass is 16.4. The molecule has 0 fully saturated rings. The number of rotatable bonds is 7. The zero-order valence-electron chi connectivity index (χ0n) is 12.9. The second kappa shape index (κ2) is 8.07. The van der Waals surface area contributed by atoms with Crippen molar-refractivity contribution < 1.29 is 24.6 Å². The van der Waals surface area contributed by atoms with Crippen molar-refractivity contribution in [1.29, 1.82) is 0 Å². The number of fused-ring (bicyclic) bond motifs is 1. The average Bonchev–Trinajstić information content (AvgIpc) is 2.58. The number of aliphatic hydroxyl groups is 1. The number of carboxylic acid groups (broad SMARTS) is 1. The first-order chi connectivity index (χ1) is 11.5. The zero-order chi connectivity index (χ0) is 17.5. The number of hydrogen-bond acceptors (Lipinski definition) is 4. The number of carboxylic acids is 1. The van der Waals surface area contributed by atoms with Crippen molar-refractivity contribution in [2.45, 2.75) is 12.5 Å². The molecule has 1 atom stereocenters. The predicted molar refractivity (Wildman–Crippen MR) is 87.3 cm³/mol. The predicted octanol–water partition coefficient (Wildman–Crippen LogP) is 0.0602. The van der Waals surface area contributed by atoms with Gasteiger partial charge >= 0.3 is 5.97 Å². The van der Waals surface area contributed by atoms with Crippen LogP contribution >= 0.6 is 0 Å². The molecule has 0 heterocycles. The summed E-state index contributed by atoms with van der Waals surface area (Å²) in [5, 5.41) is 24.1. The second-order valence-corrected chi connectivity index (χ2v) is 5.23. The lowest BCUT2D eigenvalue weighted by Gasteiger charge is -2.12. The Morgan fingerprint density at radius 2 is 1.71 bits per heavy atom. The van der Waals surface area contributed by atoms with E-state index in [1.54, 1.807) is 0 Å². The number of carbonyl (C=O) groups is 3. The van der Waals surface area contributed by atoms with Crippen LogP contribution in [0.25, 0.3) is 10.8 Å². The zero-order valence-corrected chi connectivity index (χ0v) is 12.9. The quantitative estimate of drug-likeness (QED) is 0.573. The van der Waals surface area contributed by atoms with E-state index in [-0.39, 0.29) is 18.9 Å². The highest BCUT2D eigenvalue weighted by molar-refractivity contribution is 5.92. The van der Waals surface area contributed by atoms with Crippen molar-refractivity contribution >= 4 is 28.6 Å². The Bertz CT molecular complexity index is 754. The molecule has 2 amide bonds. The molecule has 0 unspecified atom stereocenters. The van der Waals surface area contributed by atoms with E-state index in [4.69, 9.17) is 10.2 Å². The van der Waals surface area contributed by atoms with E-state index in [2.05, 4.69) is 10.6 Å². The summed E-state index contributed by atoms with van der Waals surface area (Å²) in [5.74, 6) is -2.37. The van der Waals surface area contributed by atoms with Gasteiger partial charge in [-0.25, -0.2) is 4.79 Å². The van der Waals surface area contributed by atoms with Gasteiger partial charge in [0.2, 0.25) is 11.8 Å². The lowest BCUT2D eigenvalue weighted by Crippen LogP contribution is -2.47. The topological polar surface area (TPSA) is 116 Å². The molecule has 0 saturated heterocycles. The summed E-state index contributed by atoms with van der Waals surface area (Å²) in [7, 11) is 0. The van der Waals surface area contributed by atoms with Gasteiger partial charge in [-0.3, -0.25) is 9.59 Å². The first kappa shape index (κ1) is 17.4. The van der Waals surface area contributed by atoms with Crippen LogP contribution in [0.2, 0.25) is 0 Å². The molecular formula is C17H18N2O5. The Kier molecular flexibility index (Phi) is 5.86. The molecule has 126 valence electrons. The van der Waals surface area contributed by atoms with Crippen LogP contribution in [0.1, 0.15) is 5.56 Å². The van der Waals surface area contributed by atoms with Gasteiger partial charge in [0.1, 0.15) is 6.04 Å². The monoisotopic (exact) mass is 330 g/mol. The van der Waals surface area contributed by atoms with Crippen LogP contribution in [-0.2, 0) is 20.8 Å². The van der Waals surface area contributed by atoms with Crippen LogP contribution in [0.4, 0.5) is 0 Å². The highest BCUT2D eigenvalue weighted by Gasteiger charge is 2.18. The summed E-state index contributed by atoms with van der Waals surface area (Å²) in [6.45, 7) is -1.07. The maximum atomic E-state index is 12.0. The first-order valence-corrected chi connectivity index (χ1v) is 7.37. The van der Waals surface area contributed by atoms with Gasteiger partial charge in [0.25, 0.3) is 0 Å². The van der Waals surface area contributed by atoms with Gasteiger partial charge in [0.05, 0.1) is 19.6 Å². The molecule has 2 rings (SSSR count). The number of hydrogen-bond donors (Lipinski definition) is 4. The normalized spacial score (nSPS) is 11.7. The van der Waals surface area contributed by atoms with E-state index in [0.717, 1.165) is 16.3 Å². The van der Waals surface area contributed by atoms with Crippen LogP contribution in [0.3, 0.4) is 0 Å². The van der Waals surface area contributed by atoms with E-state index in [1.165, 1.54) is 0 Å². The molecule has 7 nitrogen and oxygen atoms in total. The fourth-order valence-corrected chi connectivity index (χ4v) is 2.29. The number of aliphatic carboxylic acids is 1. The molecule has 24 heavy (non-hydrogen) atoms. The molecule has 0 aliphatic heterocycles. The Balaban J connectivity index is 1.91. The van der Waals surface area contributed by atoms with Gasteiger partial charge in [0, 0.05) is 0 Å². The SMILES string of the molecule is O=C(Cc1cccc2ccccc12)NCC(=O)N[C@@H](CO)C(=O)O. The number of amides is 2. The number of nitrogens with one attached hydrogen (secondary N) is 2. The van der Waals surface area contributed by atoms with Gasteiger partial charge in [-0.2, -0.15) is 0 Å². The third-order valence-electron chi connectivity index (χ3n) is 3.49. The molecular weight excluding hydrogens is 312 g/mol. The van der Waals surface area contributed by atoms with E-state index in [1.807, 2.05) is 42.5 Å². The third-order valence-corrected chi connectivity index (χ3v) is 3.49. The van der Waals surface area contributed by atoms with E-state index in [0.29, 0.717) is 0 Å². The van der Waals surface area contributed by atoms with E-state index in [9.17, 15) is 14.4 Å². The molecule has 2 aromatic rings. The number of aliphatic hydroxyl groups excluding tert-OH is 1. The molecule has 4 N–H and O–H groups in total. The molecule has 0 spiro atoms. The van der Waals surface area contributed by atoms with Crippen LogP contribution in [-0.4, -0.2) is 47.2 Å². The van der Waals surface area contributed by atoms with Gasteiger partial charge < -0.3 is 20.8 Å². The van der Waals surface area contributed by atoms with Crippen LogP contribution < -0.4 is 10.6 Å². The number of carbonyl (C=O) groups excluding carboxylic acids is 2. The smallest absolute Gasteiger partial charge is 0.328 e. The summed E-state index contributed by atoms with van der Waals surface area (Å²) in [5.41, 5.74) is 0.838. The van der Waals surface area contributed by atoms with Gasteiger partial charge in [-0.05, 0) is 16.3 Å².